The summed E-state index contributed by atoms with van der Waals surface area (Å²) in [6.45, 7) is 1.70. The second kappa shape index (κ2) is 8.75. The number of hydrogen-bond acceptors (Lipinski definition) is 5. The van der Waals surface area contributed by atoms with Gasteiger partial charge in [-0.15, -0.1) is 0 Å². The molecule has 0 saturated carbocycles. The number of benzene rings is 2. The Morgan fingerprint density at radius 3 is 2.41 bits per heavy atom. The van der Waals surface area contributed by atoms with Gasteiger partial charge in [-0.25, -0.2) is 8.42 Å². The minimum atomic E-state index is -3.54. The summed E-state index contributed by atoms with van der Waals surface area (Å²) >= 11 is 0. The Morgan fingerprint density at radius 1 is 0.906 bits per heavy atom. The molecule has 2 aromatic rings. The number of ether oxygens (including phenoxy) is 2. The Balaban J connectivity index is 1.21. The molecule has 5 rings (SSSR count). The first-order valence-corrected chi connectivity index (χ1v) is 12.8. The molecule has 2 aromatic carbocycles. The molecule has 1 aliphatic carbocycles. The van der Waals surface area contributed by atoms with Crippen molar-refractivity contribution in [1.82, 2.24) is 4.31 Å². The molecule has 0 radical (unpaired) electrons. The van der Waals surface area contributed by atoms with Crippen LogP contribution in [0.1, 0.15) is 36.8 Å². The van der Waals surface area contributed by atoms with Crippen LogP contribution in [0.5, 0.6) is 11.5 Å². The quantitative estimate of drug-likeness (QED) is 0.763. The van der Waals surface area contributed by atoms with Crippen LogP contribution in [0.2, 0.25) is 0 Å². The lowest BCUT2D eigenvalue weighted by molar-refractivity contribution is -0.120. The third-order valence-corrected chi connectivity index (χ3v) is 8.49. The number of hydrogen-bond donors (Lipinski definition) is 1. The molecule has 0 spiro atoms. The van der Waals surface area contributed by atoms with E-state index >= 15 is 0 Å². The molecule has 1 fully saturated rings. The third kappa shape index (κ3) is 4.21. The van der Waals surface area contributed by atoms with Crippen LogP contribution in [0.3, 0.4) is 0 Å². The average Bonchev–Trinajstić information content (AvgIpc) is 2.83. The van der Waals surface area contributed by atoms with Gasteiger partial charge in [0.15, 0.2) is 11.5 Å². The van der Waals surface area contributed by atoms with E-state index in [1.807, 2.05) is 12.1 Å². The first-order chi connectivity index (χ1) is 15.5. The van der Waals surface area contributed by atoms with Gasteiger partial charge in [-0.2, -0.15) is 4.31 Å². The summed E-state index contributed by atoms with van der Waals surface area (Å²) in [6, 6.07) is 10.9. The molecule has 0 bridgehead atoms. The molecule has 0 unspecified atom stereocenters. The van der Waals surface area contributed by atoms with Crippen molar-refractivity contribution in [2.45, 2.75) is 43.4 Å². The Hall–Kier alpha value is -2.58. The maximum Gasteiger partial charge on any atom is 0.243 e. The number of carbonyl (C=O) groups is 1. The maximum absolute atomic E-state index is 13.2. The second-order valence-electron chi connectivity index (χ2n) is 8.66. The van der Waals surface area contributed by atoms with Crippen LogP contribution in [0.25, 0.3) is 0 Å². The first-order valence-electron chi connectivity index (χ1n) is 11.3. The van der Waals surface area contributed by atoms with Crippen LogP contribution in [0.4, 0.5) is 5.69 Å². The van der Waals surface area contributed by atoms with E-state index in [0.717, 1.165) is 24.8 Å². The molecule has 0 atom stereocenters. The number of carbonyl (C=O) groups excluding carboxylic acids is 1. The number of anilines is 1. The summed E-state index contributed by atoms with van der Waals surface area (Å²) in [6.07, 6.45) is 5.25. The van der Waals surface area contributed by atoms with Crippen molar-refractivity contribution >= 4 is 21.6 Å². The van der Waals surface area contributed by atoms with Crippen LogP contribution in [-0.2, 0) is 27.7 Å². The van der Waals surface area contributed by atoms with Gasteiger partial charge in [-0.3, -0.25) is 4.79 Å². The third-order valence-electron chi connectivity index (χ3n) is 6.59. The summed E-state index contributed by atoms with van der Waals surface area (Å²) in [5, 5.41) is 2.94. The van der Waals surface area contributed by atoms with E-state index in [-0.39, 0.29) is 11.8 Å². The van der Waals surface area contributed by atoms with Crippen molar-refractivity contribution in [2.75, 3.05) is 31.6 Å². The van der Waals surface area contributed by atoms with E-state index in [0.29, 0.717) is 61.2 Å². The fraction of sp³-hybridized carbons (Fsp3) is 0.458. The van der Waals surface area contributed by atoms with Crippen molar-refractivity contribution in [2.24, 2.45) is 5.92 Å². The summed E-state index contributed by atoms with van der Waals surface area (Å²) in [5.74, 6) is 0.987. The smallest absolute Gasteiger partial charge is 0.243 e. The molecule has 32 heavy (non-hydrogen) atoms. The molecule has 2 heterocycles. The van der Waals surface area contributed by atoms with Crippen molar-refractivity contribution in [3.05, 3.63) is 47.5 Å². The monoisotopic (exact) mass is 456 g/mol. The maximum atomic E-state index is 13.2. The van der Waals surface area contributed by atoms with Gasteiger partial charge in [-0.05, 0) is 73.9 Å². The number of nitrogens with one attached hydrogen (secondary N) is 1. The Morgan fingerprint density at radius 2 is 1.62 bits per heavy atom. The van der Waals surface area contributed by atoms with Crippen molar-refractivity contribution in [1.29, 1.82) is 0 Å². The Kier molecular flexibility index (Phi) is 5.82. The highest BCUT2D eigenvalue weighted by Gasteiger charge is 2.32. The summed E-state index contributed by atoms with van der Waals surface area (Å²) in [7, 11) is -3.54. The first kappa shape index (κ1) is 21.3. The van der Waals surface area contributed by atoms with Crippen LogP contribution >= 0.6 is 0 Å². The van der Waals surface area contributed by atoms with Crippen molar-refractivity contribution < 1.29 is 22.7 Å². The lowest BCUT2D eigenvalue weighted by atomic mass is 9.92. The number of sulfonamides is 1. The molecule has 170 valence electrons. The predicted molar refractivity (Wildman–Crippen MR) is 121 cm³/mol. The van der Waals surface area contributed by atoms with E-state index < -0.39 is 10.0 Å². The lowest BCUT2D eigenvalue weighted by Crippen LogP contribution is -2.41. The molecule has 0 aromatic heterocycles. The normalized spacial score (nSPS) is 19.2. The molecular formula is C24H28N2O5S. The summed E-state index contributed by atoms with van der Waals surface area (Å²) < 4.78 is 39.0. The molecule has 1 amide bonds. The van der Waals surface area contributed by atoms with E-state index in [1.54, 1.807) is 24.3 Å². The van der Waals surface area contributed by atoms with Gasteiger partial charge in [0, 0.05) is 30.8 Å². The van der Waals surface area contributed by atoms with Crippen LogP contribution in [-0.4, -0.2) is 44.9 Å². The molecule has 1 N–H and O–H groups in total. The number of rotatable bonds is 4. The summed E-state index contributed by atoms with van der Waals surface area (Å²) in [4.78, 5) is 13.1. The van der Waals surface area contributed by atoms with E-state index in [1.165, 1.54) is 16.3 Å². The molecule has 1 saturated heterocycles. The number of nitrogens with zero attached hydrogens (tertiary/aromatic N) is 1. The van der Waals surface area contributed by atoms with E-state index in [2.05, 4.69) is 5.32 Å². The van der Waals surface area contributed by atoms with Gasteiger partial charge in [0.25, 0.3) is 0 Å². The molecule has 8 heteroatoms. The standard InChI is InChI=1S/C24H28N2O5S/c27-24(25-20-6-8-22-23(16-20)31-14-13-30-22)18-9-11-26(12-10-18)32(28,29)21-7-5-17-3-1-2-4-19(17)15-21/h5-8,15-16,18H,1-4,9-14H2,(H,25,27). The number of fused-ring (bicyclic) bond motifs is 2. The summed E-state index contributed by atoms with van der Waals surface area (Å²) in [5.41, 5.74) is 3.08. The fourth-order valence-electron chi connectivity index (χ4n) is 4.74. The molecule has 3 aliphatic rings. The Labute approximate surface area is 188 Å². The van der Waals surface area contributed by atoms with E-state index in [9.17, 15) is 13.2 Å². The topological polar surface area (TPSA) is 84.9 Å². The SMILES string of the molecule is O=C(Nc1ccc2c(c1)OCCO2)C1CCN(S(=O)(=O)c2ccc3c(c2)CCCC3)CC1. The van der Waals surface area contributed by atoms with Gasteiger partial charge >= 0.3 is 0 Å². The fourth-order valence-corrected chi connectivity index (χ4v) is 6.26. The van der Waals surface area contributed by atoms with E-state index in [4.69, 9.17) is 9.47 Å². The van der Waals surface area contributed by atoms with Gasteiger partial charge in [-0.1, -0.05) is 6.07 Å². The number of amides is 1. The zero-order chi connectivity index (χ0) is 22.1. The number of piperidine rings is 1. The van der Waals surface area contributed by atoms with Crippen molar-refractivity contribution in [3.63, 3.8) is 0 Å². The van der Waals surface area contributed by atoms with Gasteiger partial charge in [0.2, 0.25) is 15.9 Å². The zero-order valence-electron chi connectivity index (χ0n) is 18.0. The van der Waals surface area contributed by atoms with Crippen LogP contribution in [0.15, 0.2) is 41.3 Å². The van der Waals surface area contributed by atoms with Gasteiger partial charge in [0.1, 0.15) is 13.2 Å². The van der Waals surface area contributed by atoms with Crippen molar-refractivity contribution in [3.8, 4) is 11.5 Å². The lowest BCUT2D eigenvalue weighted by Gasteiger charge is -2.31. The Bertz CT molecular complexity index is 1120. The van der Waals surface area contributed by atoms with Gasteiger partial charge in [0.05, 0.1) is 4.90 Å². The number of aryl methyl sites for hydroxylation is 2. The largest absolute Gasteiger partial charge is 0.486 e. The van der Waals surface area contributed by atoms with Gasteiger partial charge < -0.3 is 14.8 Å². The molecular weight excluding hydrogens is 428 g/mol. The highest BCUT2D eigenvalue weighted by atomic mass is 32.2. The molecule has 2 aliphatic heterocycles. The zero-order valence-corrected chi connectivity index (χ0v) is 18.8. The predicted octanol–water partition coefficient (Wildman–Crippen LogP) is 3.38. The highest BCUT2D eigenvalue weighted by molar-refractivity contribution is 7.89. The average molecular weight is 457 g/mol. The second-order valence-corrected chi connectivity index (χ2v) is 10.6. The highest BCUT2D eigenvalue weighted by Crippen LogP contribution is 2.33. The van der Waals surface area contributed by atoms with Crippen LogP contribution < -0.4 is 14.8 Å². The van der Waals surface area contributed by atoms with Crippen LogP contribution in [0, 0.1) is 5.92 Å². The minimum Gasteiger partial charge on any atom is -0.486 e. The minimum absolute atomic E-state index is 0.0903. The molecule has 7 nitrogen and oxygen atoms in total.